The van der Waals surface area contributed by atoms with Gasteiger partial charge in [-0.3, -0.25) is 0 Å². The van der Waals surface area contributed by atoms with Crippen molar-refractivity contribution in [2.75, 3.05) is 17.7 Å². The molecule has 0 aliphatic rings. The van der Waals surface area contributed by atoms with E-state index in [1.807, 2.05) is 0 Å². The van der Waals surface area contributed by atoms with Crippen molar-refractivity contribution in [3.8, 4) is 17.0 Å². The second-order valence-corrected chi connectivity index (χ2v) is 5.77. The fourth-order valence-electron chi connectivity index (χ4n) is 2.44. The smallest absolute Gasteiger partial charge is 0.406 e. The van der Waals surface area contributed by atoms with Crippen LogP contribution in [0.25, 0.3) is 11.3 Å². The van der Waals surface area contributed by atoms with Gasteiger partial charge in [-0.1, -0.05) is 24.3 Å². The van der Waals surface area contributed by atoms with Gasteiger partial charge in [-0.05, 0) is 29.8 Å². The summed E-state index contributed by atoms with van der Waals surface area (Å²) in [7, 11) is 1.63. The molecule has 5 nitrogen and oxygen atoms in total. The van der Waals surface area contributed by atoms with E-state index in [-0.39, 0.29) is 11.6 Å². The van der Waals surface area contributed by atoms with E-state index in [4.69, 9.17) is 0 Å². The molecule has 28 heavy (non-hydrogen) atoms. The second-order valence-electron chi connectivity index (χ2n) is 5.77. The first-order valence-corrected chi connectivity index (χ1v) is 8.24. The highest BCUT2D eigenvalue weighted by Gasteiger charge is 2.31. The molecule has 0 radical (unpaired) electrons. The summed E-state index contributed by atoms with van der Waals surface area (Å²) in [5, 5.41) is 5.91. The van der Waals surface area contributed by atoms with Gasteiger partial charge < -0.3 is 15.4 Å². The Morgan fingerprint density at radius 2 is 1.75 bits per heavy atom. The zero-order chi connectivity index (χ0) is 20.1. The van der Waals surface area contributed by atoms with E-state index in [0.717, 1.165) is 5.56 Å². The van der Waals surface area contributed by atoms with Crippen molar-refractivity contribution in [2.45, 2.75) is 12.9 Å². The van der Waals surface area contributed by atoms with E-state index in [0.29, 0.717) is 29.6 Å². The summed E-state index contributed by atoms with van der Waals surface area (Å²) < 4.78 is 54.3. The first-order valence-electron chi connectivity index (χ1n) is 8.24. The van der Waals surface area contributed by atoms with Crippen molar-refractivity contribution in [1.82, 2.24) is 9.97 Å². The first-order chi connectivity index (χ1) is 13.3. The van der Waals surface area contributed by atoms with Crippen LogP contribution in [0.4, 0.5) is 29.3 Å². The number of rotatable bonds is 6. The Morgan fingerprint density at radius 1 is 1.00 bits per heavy atom. The SMILES string of the molecule is CNc1nc(NCc2ccc(F)cc2)cc(-c2cccc(OC(F)(F)F)c2)n1. The molecule has 0 aliphatic carbocycles. The summed E-state index contributed by atoms with van der Waals surface area (Å²) in [6.07, 6.45) is -4.78. The summed E-state index contributed by atoms with van der Waals surface area (Å²) in [4.78, 5) is 8.55. The minimum atomic E-state index is -4.78. The molecule has 0 saturated heterocycles. The van der Waals surface area contributed by atoms with Crippen molar-refractivity contribution in [3.63, 3.8) is 0 Å². The van der Waals surface area contributed by atoms with Crippen LogP contribution in [0, 0.1) is 5.82 Å². The monoisotopic (exact) mass is 392 g/mol. The maximum Gasteiger partial charge on any atom is 0.573 e. The zero-order valence-electron chi connectivity index (χ0n) is 14.7. The van der Waals surface area contributed by atoms with Gasteiger partial charge in [-0.15, -0.1) is 13.2 Å². The van der Waals surface area contributed by atoms with Gasteiger partial charge in [-0.25, -0.2) is 9.37 Å². The van der Waals surface area contributed by atoms with Crippen LogP contribution in [0.2, 0.25) is 0 Å². The van der Waals surface area contributed by atoms with Crippen LogP contribution in [0.5, 0.6) is 5.75 Å². The Labute approximate surface area is 158 Å². The van der Waals surface area contributed by atoms with Crippen LogP contribution < -0.4 is 15.4 Å². The third-order valence-electron chi connectivity index (χ3n) is 3.70. The highest BCUT2D eigenvalue weighted by molar-refractivity contribution is 5.65. The van der Waals surface area contributed by atoms with Gasteiger partial charge in [0, 0.05) is 25.2 Å². The summed E-state index contributed by atoms with van der Waals surface area (Å²) in [6, 6.07) is 13.1. The number of ether oxygens (including phenoxy) is 1. The maximum absolute atomic E-state index is 13.0. The molecule has 146 valence electrons. The normalized spacial score (nSPS) is 11.2. The van der Waals surface area contributed by atoms with Crippen molar-refractivity contribution in [3.05, 3.63) is 66.0 Å². The standard InChI is InChI=1S/C19H16F4N4O/c1-24-18-26-16(13-3-2-4-15(9-13)28-19(21,22)23)10-17(27-18)25-11-12-5-7-14(20)8-6-12/h2-10H,11H2,1H3,(H2,24,25,26,27). The molecule has 1 heterocycles. The molecule has 0 saturated carbocycles. The molecule has 3 rings (SSSR count). The lowest BCUT2D eigenvalue weighted by Crippen LogP contribution is -2.17. The largest absolute Gasteiger partial charge is 0.573 e. The molecular formula is C19H16F4N4O. The number of benzene rings is 2. The molecule has 3 aromatic rings. The van der Waals surface area contributed by atoms with Crippen LogP contribution in [0.15, 0.2) is 54.6 Å². The molecule has 0 aliphatic heterocycles. The van der Waals surface area contributed by atoms with Gasteiger partial charge in [0.15, 0.2) is 0 Å². The minimum absolute atomic E-state index is 0.293. The number of anilines is 2. The van der Waals surface area contributed by atoms with E-state index in [9.17, 15) is 17.6 Å². The predicted octanol–water partition coefficient (Wildman–Crippen LogP) is 4.84. The number of hydrogen-bond donors (Lipinski definition) is 2. The van der Waals surface area contributed by atoms with E-state index >= 15 is 0 Å². The van der Waals surface area contributed by atoms with Crippen LogP contribution in [0.3, 0.4) is 0 Å². The van der Waals surface area contributed by atoms with Gasteiger partial charge in [0.2, 0.25) is 5.95 Å². The Hall–Kier alpha value is -3.36. The average molecular weight is 392 g/mol. The Morgan fingerprint density at radius 3 is 2.43 bits per heavy atom. The molecule has 1 aromatic heterocycles. The van der Waals surface area contributed by atoms with Crippen molar-refractivity contribution < 1.29 is 22.3 Å². The number of aromatic nitrogens is 2. The lowest BCUT2D eigenvalue weighted by atomic mass is 10.1. The summed E-state index contributed by atoms with van der Waals surface area (Å²) in [5.41, 5.74) is 1.69. The number of nitrogens with one attached hydrogen (secondary N) is 2. The summed E-state index contributed by atoms with van der Waals surface area (Å²) >= 11 is 0. The number of alkyl halides is 3. The molecule has 9 heteroatoms. The van der Waals surface area contributed by atoms with E-state index in [2.05, 4.69) is 25.3 Å². The summed E-state index contributed by atoms with van der Waals surface area (Å²) in [6.45, 7) is 0.386. The molecule has 2 N–H and O–H groups in total. The second kappa shape index (κ2) is 8.12. The van der Waals surface area contributed by atoms with E-state index < -0.39 is 6.36 Å². The van der Waals surface area contributed by atoms with Gasteiger partial charge >= 0.3 is 6.36 Å². The fraction of sp³-hybridized carbons (Fsp3) is 0.158. The lowest BCUT2D eigenvalue weighted by Gasteiger charge is -2.12. The zero-order valence-corrected chi connectivity index (χ0v) is 14.7. The Kier molecular flexibility index (Phi) is 5.62. The van der Waals surface area contributed by atoms with Gasteiger partial charge in [0.25, 0.3) is 0 Å². The van der Waals surface area contributed by atoms with Crippen LogP contribution in [-0.2, 0) is 6.54 Å². The highest BCUT2D eigenvalue weighted by atomic mass is 19.4. The third kappa shape index (κ3) is 5.32. The molecule has 0 bridgehead atoms. The fourth-order valence-corrected chi connectivity index (χ4v) is 2.44. The average Bonchev–Trinajstić information content (AvgIpc) is 2.66. The van der Waals surface area contributed by atoms with Gasteiger partial charge in [-0.2, -0.15) is 4.98 Å². The van der Waals surface area contributed by atoms with Crippen LogP contribution >= 0.6 is 0 Å². The molecular weight excluding hydrogens is 376 g/mol. The molecule has 2 aromatic carbocycles. The highest BCUT2D eigenvalue weighted by Crippen LogP contribution is 2.28. The topological polar surface area (TPSA) is 59.1 Å². The predicted molar refractivity (Wildman–Crippen MR) is 97.4 cm³/mol. The number of halogens is 4. The van der Waals surface area contributed by atoms with Crippen molar-refractivity contribution in [1.29, 1.82) is 0 Å². The van der Waals surface area contributed by atoms with Gasteiger partial charge in [0.1, 0.15) is 17.4 Å². The van der Waals surface area contributed by atoms with Crippen molar-refractivity contribution in [2.24, 2.45) is 0 Å². The molecule has 0 fully saturated rings. The van der Waals surface area contributed by atoms with Gasteiger partial charge in [0.05, 0.1) is 5.69 Å². The Balaban J connectivity index is 1.84. The number of nitrogens with zero attached hydrogens (tertiary/aromatic N) is 2. The van der Waals surface area contributed by atoms with Crippen molar-refractivity contribution >= 4 is 11.8 Å². The van der Waals surface area contributed by atoms with Crippen LogP contribution in [-0.4, -0.2) is 23.4 Å². The lowest BCUT2D eigenvalue weighted by molar-refractivity contribution is -0.274. The quantitative estimate of drug-likeness (QED) is 0.588. The molecule has 0 unspecified atom stereocenters. The van der Waals surface area contributed by atoms with E-state index in [1.54, 1.807) is 31.3 Å². The molecule has 0 spiro atoms. The van der Waals surface area contributed by atoms with Crippen LogP contribution in [0.1, 0.15) is 5.56 Å². The van der Waals surface area contributed by atoms with E-state index in [1.165, 1.54) is 30.3 Å². The molecule has 0 amide bonds. The Bertz CT molecular complexity index is 945. The summed E-state index contributed by atoms with van der Waals surface area (Å²) in [5.74, 6) is 0.0870. The first kappa shape index (κ1) is 19.4. The minimum Gasteiger partial charge on any atom is -0.406 e. The molecule has 0 atom stereocenters. The third-order valence-corrected chi connectivity index (χ3v) is 3.70. The number of hydrogen-bond acceptors (Lipinski definition) is 5. The maximum atomic E-state index is 13.0.